The fourth-order valence-corrected chi connectivity index (χ4v) is 2.44. The average Bonchev–Trinajstić information content (AvgIpc) is 2.66. The number of aryl methyl sites for hydroxylation is 1. The molecular formula is C12H18N2O3S. The fraction of sp³-hybridized carbons (Fsp3) is 0.583. The molecule has 18 heavy (non-hydrogen) atoms. The summed E-state index contributed by atoms with van der Waals surface area (Å²) in [6.07, 6.45) is 1.06. The molecule has 0 bridgehead atoms. The van der Waals surface area contributed by atoms with E-state index in [4.69, 9.17) is 4.74 Å². The van der Waals surface area contributed by atoms with Crippen LogP contribution in [-0.2, 0) is 9.53 Å². The second-order valence-corrected chi connectivity index (χ2v) is 4.64. The molecule has 0 spiro atoms. The molecule has 1 aromatic rings. The van der Waals surface area contributed by atoms with Gasteiger partial charge in [0.15, 0.2) is 5.78 Å². The first-order valence-corrected chi connectivity index (χ1v) is 6.70. The van der Waals surface area contributed by atoms with Crippen LogP contribution in [0.4, 0.5) is 5.00 Å². The summed E-state index contributed by atoms with van der Waals surface area (Å²) >= 11 is 1.28. The number of ether oxygens (including phenoxy) is 1. The van der Waals surface area contributed by atoms with Gasteiger partial charge in [0.2, 0.25) is 0 Å². The van der Waals surface area contributed by atoms with Gasteiger partial charge >= 0.3 is 5.97 Å². The Balaban J connectivity index is 2.40. The van der Waals surface area contributed by atoms with Gasteiger partial charge < -0.3 is 10.1 Å². The van der Waals surface area contributed by atoms with Gasteiger partial charge in [-0.1, -0.05) is 0 Å². The lowest BCUT2D eigenvalue weighted by atomic mass is 10.2. The molecule has 6 heteroatoms. The molecule has 0 aromatic carbocycles. The van der Waals surface area contributed by atoms with E-state index >= 15 is 0 Å². The topological polar surface area (TPSA) is 68.3 Å². The first-order chi connectivity index (χ1) is 8.56. The van der Waals surface area contributed by atoms with Gasteiger partial charge in [-0.25, -0.2) is 0 Å². The highest BCUT2D eigenvalue weighted by Crippen LogP contribution is 2.24. The molecule has 1 N–H and O–H groups in total. The first kappa shape index (κ1) is 14.6. The van der Waals surface area contributed by atoms with E-state index in [-0.39, 0.29) is 11.8 Å². The molecule has 100 valence electrons. The summed E-state index contributed by atoms with van der Waals surface area (Å²) in [5, 5.41) is 3.92. The average molecular weight is 270 g/mol. The van der Waals surface area contributed by atoms with Crippen molar-refractivity contribution in [1.29, 1.82) is 0 Å². The number of nitrogens with zero attached hydrogens (tertiary/aromatic N) is 1. The highest BCUT2D eigenvalue weighted by atomic mass is 32.1. The summed E-state index contributed by atoms with van der Waals surface area (Å²) in [4.78, 5) is 22.5. The molecule has 1 heterocycles. The third-order valence-electron chi connectivity index (χ3n) is 2.36. The van der Waals surface area contributed by atoms with Crippen LogP contribution in [0.1, 0.15) is 42.7 Å². The van der Waals surface area contributed by atoms with Crippen LogP contribution in [0, 0.1) is 6.92 Å². The van der Waals surface area contributed by atoms with Crippen molar-refractivity contribution in [3.8, 4) is 0 Å². The van der Waals surface area contributed by atoms with Crippen LogP contribution < -0.4 is 5.32 Å². The number of hydrogen-bond acceptors (Lipinski definition) is 6. The van der Waals surface area contributed by atoms with Crippen molar-refractivity contribution in [2.45, 2.75) is 33.6 Å². The molecule has 0 saturated heterocycles. The fourth-order valence-electron chi connectivity index (χ4n) is 1.57. The Morgan fingerprint density at radius 2 is 2.17 bits per heavy atom. The van der Waals surface area contributed by atoms with Gasteiger partial charge in [-0.2, -0.15) is 4.37 Å². The van der Waals surface area contributed by atoms with E-state index in [1.54, 1.807) is 6.92 Å². The predicted octanol–water partition coefficient (Wildman–Crippen LogP) is 2.41. The minimum Gasteiger partial charge on any atom is -0.466 e. The van der Waals surface area contributed by atoms with Crippen molar-refractivity contribution >= 4 is 28.3 Å². The van der Waals surface area contributed by atoms with Crippen LogP contribution in [0.25, 0.3) is 0 Å². The standard InChI is InChI=1S/C12H18N2O3S/c1-4-17-10(16)6-5-7-13-12-11(9(3)15)8(2)14-18-12/h13H,4-7H2,1-3H3. The van der Waals surface area contributed by atoms with Crippen LogP contribution >= 0.6 is 11.5 Å². The molecule has 0 aliphatic heterocycles. The summed E-state index contributed by atoms with van der Waals surface area (Å²) < 4.78 is 8.98. The van der Waals surface area contributed by atoms with Crippen molar-refractivity contribution < 1.29 is 14.3 Å². The number of hydrogen-bond donors (Lipinski definition) is 1. The van der Waals surface area contributed by atoms with Gasteiger partial charge in [0.25, 0.3) is 0 Å². The van der Waals surface area contributed by atoms with Gasteiger partial charge in [0.1, 0.15) is 5.00 Å². The van der Waals surface area contributed by atoms with Crippen LogP contribution in [0.2, 0.25) is 0 Å². The number of carbonyl (C=O) groups is 2. The Bertz CT molecular complexity index is 429. The van der Waals surface area contributed by atoms with E-state index in [2.05, 4.69) is 9.69 Å². The van der Waals surface area contributed by atoms with Crippen molar-refractivity contribution in [3.05, 3.63) is 11.3 Å². The number of carbonyl (C=O) groups excluding carboxylic acids is 2. The Hall–Kier alpha value is -1.43. The summed E-state index contributed by atoms with van der Waals surface area (Å²) in [6, 6.07) is 0. The maximum absolute atomic E-state index is 11.4. The van der Waals surface area contributed by atoms with E-state index < -0.39 is 0 Å². The number of esters is 1. The maximum atomic E-state index is 11.4. The molecular weight excluding hydrogens is 252 g/mol. The van der Waals surface area contributed by atoms with E-state index in [0.717, 1.165) is 10.7 Å². The number of ketones is 1. The SMILES string of the molecule is CCOC(=O)CCCNc1snc(C)c1C(C)=O. The second-order valence-electron chi connectivity index (χ2n) is 3.86. The zero-order valence-electron chi connectivity index (χ0n) is 10.9. The molecule has 0 aliphatic carbocycles. The third-order valence-corrected chi connectivity index (χ3v) is 3.26. The minimum absolute atomic E-state index is 0.00847. The van der Waals surface area contributed by atoms with E-state index in [1.165, 1.54) is 18.5 Å². The molecule has 0 amide bonds. The third kappa shape index (κ3) is 4.10. The van der Waals surface area contributed by atoms with Crippen molar-refractivity contribution in [1.82, 2.24) is 4.37 Å². The lowest BCUT2D eigenvalue weighted by Gasteiger charge is -2.05. The number of Topliss-reactive ketones (excluding diaryl/α,β-unsaturated/α-hetero) is 1. The lowest BCUT2D eigenvalue weighted by Crippen LogP contribution is -2.09. The Morgan fingerprint density at radius 3 is 2.78 bits per heavy atom. The lowest BCUT2D eigenvalue weighted by molar-refractivity contribution is -0.143. The maximum Gasteiger partial charge on any atom is 0.305 e. The zero-order valence-corrected chi connectivity index (χ0v) is 11.7. The monoisotopic (exact) mass is 270 g/mol. The quantitative estimate of drug-likeness (QED) is 0.468. The van der Waals surface area contributed by atoms with Crippen molar-refractivity contribution in [2.24, 2.45) is 0 Å². The Kier molecular flexibility index (Phi) is 5.77. The number of rotatable bonds is 7. The molecule has 1 rings (SSSR count). The minimum atomic E-state index is -0.188. The summed E-state index contributed by atoms with van der Waals surface area (Å²) in [5.41, 5.74) is 1.40. The number of aromatic nitrogens is 1. The summed E-state index contributed by atoms with van der Waals surface area (Å²) in [6.45, 7) is 6.17. The molecule has 0 unspecified atom stereocenters. The van der Waals surface area contributed by atoms with Crippen molar-refractivity contribution in [2.75, 3.05) is 18.5 Å². The molecule has 0 fully saturated rings. The van der Waals surface area contributed by atoms with E-state index in [1.807, 2.05) is 6.92 Å². The first-order valence-electron chi connectivity index (χ1n) is 5.93. The number of anilines is 1. The van der Waals surface area contributed by atoms with Gasteiger partial charge in [-0.15, -0.1) is 0 Å². The highest BCUT2D eigenvalue weighted by Gasteiger charge is 2.14. The molecule has 0 radical (unpaired) electrons. The molecule has 5 nitrogen and oxygen atoms in total. The predicted molar refractivity (Wildman–Crippen MR) is 71.2 cm³/mol. The van der Waals surface area contributed by atoms with Crippen LogP contribution in [-0.4, -0.2) is 29.3 Å². The largest absolute Gasteiger partial charge is 0.466 e. The van der Waals surface area contributed by atoms with E-state index in [0.29, 0.717) is 31.6 Å². The van der Waals surface area contributed by atoms with Crippen LogP contribution in [0.5, 0.6) is 0 Å². The highest BCUT2D eigenvalue weighted by molar-refractivity contribution is 7.10. The second kappa shape index (κ2) is 7.10. The smallest absolute Gasteiger partial charge is 0.305 e. The van der Waals surface area contributed by atoms with E-state index in [9.17, 15) is 9.59 Å². The summed E-state index contributed by atoms with van der Waals surface area (Å²) in [7, 11) is 0. The van der Waals surface area contributed by atoms with Crippen LogP contribution in [0.15, 0.2) is 0 Å². The van der Waals surface area contributed by atoms with Crippen LogP contribution in [0.3, 0.4) is 0 Å². The Morgan fingerprint density at radius 1 is 1.44 bits per heavy atom. The normalized spacial score (nSPS) is 10.2. The molecule has 0 saturated carbocycles. The van der Waals surface area contributed by atoms with Gasteiger partial charge in [0, 0.05) is 13.0 Å². The van der Waals surface area contributed by atoms with Gasteiger partial charge in [0.05, 0.1) is 17.9 Å². The molecule has 0 atom stereocenters. The summed E-state index contributed by atoms with van der Waals surface area (Å²) in [5.74, 6) is -0.180. The molecule has 1 aromatic heterocycles. The zero-order chi connectivity index (χ0) is 13.5. The number of nitrogens with one attached hydrogen (secondary N) is 1. The Labute approximate surface area is 111 Å². The van der Waals surface area contributed by atoms with Gasteiger partial charge in [-0.3, -0.25) is 9.59 Å². The van der Waals surface area contributed by atoms with Gasteiger partial charge in [-0.05, 0) is 38.7 Å². The van der Waals surface area contributed by atoms with Crippen molar-refractivity contribution in [3.63, 3.8) is 0 Å². The molecule has 0 aliphatic rings.